The average Bonchev–Trinajstić information content (AvgIpc) is 3.17. The fourth-order valence-electron chi connectivity index (χ4n) is 3.35. The number of nitrogens with zero attached hydrogens (tertiary/aromatic N) is 3. The number of hydrogen-bond donors (Lipinski definition) is 1. The van der Waals surface area contributed by atoms with Crippen LogP contribution in [0.5, 0.6) is 5.75 Å². The molecule has 0 spiro atoms. The van der Waals surface area contributed by atoms with E-state index in [1.54, 1.807) is 0 Å². The second-order valence-corrected chi connectivity index (χ2v) is 8.03. The van der Waals surface area contributed by atoms with Crippen LogP contribution in [0.15, 0.2) is 52.9 Å². The molecule has 32 heavy (non-hydrogen) atoms. The van der Waals surface area contributed by atoms with Crippen molar-refractivity contribution in [2.24, 2.45) is 5.10 Å². The molecule has 0 saturated carbocycles. The van der Waals surface area contributed by atoms with Gasteiger partial charge < -0.3 is 10.1 Å². The lowest BCUT2D eigenvalue weighted by atomic mass is 10.00. The first-order valence-electron chi connectivity index (χ1n) is 9.13. The van der Waals surface area contributed by atoms with Crippen LogP contribution in [-0.4, -0.2) is 27.9 Å². The Labute approximate surface area is 181 Å². The standard InChI is InChI=1S/C20H11F5N4O2S/c21-11-3-1-9(2-4-11)18-16(28-29-7-14(20(23,24)25)27-19(29)32-18)10-5-12(22)17-13(6-10)26-15(30)8-31-17/h1-7,18H,8H2,(H,26,30). The fraction of sp³-hybridized carbons (Fsp3) is 0.150. The lowest BCUT2D eigenvalue weighted by Gasteiger charge is -2.25. The van der Waals surface area contributed by atoms with E-state index < -0.39 is 34.7 Å². The number of halogens is 5. The Balaban J connectivity index is 1.66. The van der Waals surface area contributed by atoms with Gasteiger partial charge in [-0.05, 0) is 29.8 Å². The van der Waals surface area contributed by atoms with Gasteiger partial charge in [0.1, 0.15) is 5.82 Å². The monoisotopic (exact) mass is 466 g/mol. The quantitative estimate of drug-likeness (QED) is 0.560. The smallest absolute Gasteiger partial charge is 0.434 e. The van der Waals surface area contributed by atoms with Crippen molar-refractivity contribution in [2.45, 2.75) is 16.6 Å². The highest BCUT2D eigenvalue weighted by Gasteiger charge is 2.38. The first-order valence-corrected chi connectivity index (χ1v) is 10.0. The summed E-state index contributed by atoms with van der Waals surface area (Å²) in [4.78, 5) is 15.3. The summed E-state index contributed by atoms with van der Waals surface area (Å²) < 4.78 is 73.7. The second-order valence-electron chi connectivity index (χ2n) is 6.96. The van der Waals surface area contributed by atoms with Crippen LogP contribution in [0, 0.1) is 11.6 Å². The van der Waals surface area contributed by atoms with Gasteiger partial charge in [-0.3, -0.25) is 4.79 Å². The van der Waals surface area contributed by atoms with E-state index in [-0.39, 0.29) is 34.5 Å². The van der Waals surface area contributed by atoms with Crippen molar-refractivity contribution in [1.29, 1.82) is 0 Å². The highest BCUT2D eigenvalue weighted by Crippen LogP contribution is 2.44. The maximum Gasteiger partial charge on any atom is 0.434 e. The molecule has 2 aromatic carbocycles. The molecule has 1 atom stereocenters. The molecule has 0 saturated heterocycles. The topological polar surface area (TPSA) is 68.5 Å². The summed E-state index contributed by atoms with van der Waals surface area (Å²) in [5.74, 6) is -1.88. The first-order chi connectivity index (χ1) is 15.2. The number of anilines is 1. The molecule has 6 nitrogen and oxygen atoms in total. The van der Waals surface area contributed by atoms with Crippen LogP contribution in [0.4, 0.5) is 27.6 Å². The number of imidazole rings is 1. The van der Waals surface area contributed by atoms with E-state index in [1.807, 2.05) is 0 Å². The number of aromatic nitrogens is 2. The lowest BCUT2D eigenvalue weighted by Crippen LogP contribution is -2.27. The van der Waals surface area contributed by atoms with Crippen LogP contribution >= 0.6 is 11.8 Å². The molecule has 2 aliphatic heterocycles. The van der Waals surface area contributed by atoms with Crippen LogP contribution < -0.4 is 10.1 Å². The molecule has 0 radical (unpaired) electrons. The summed E-state index contributed by atoms with van der Waals surface area (Å²) >= 11 is 0.957. The SMILES string of the molecule is O=C1COc2c(F)cc(C3=Nn4cc(C(F)(F)F)nc4SC3c3ccc(F)cc3)cc2N1. The molecule has 1 amide bonds. The van der Waals surface area contributed by atoms with Crippen LogP contribution in [0.3, 0.4) is 0 Å². The molecule has 2 aliphatic rings. The zero-order valence-electron chi connectivity index (χ0n) is 15.8. The van der Waals surface area contributed by atoms with Crippen molar-refractivity contribution >= 4 is 29.1 Å². The zero-order valence-corrected chi connectivity index (χ0v) is 16.6. The number of ether oxygens (including phenoxy) is 1. The lowest BCUT2D eigenvalue weighted by molar-refractivity contribution is -0.141. The van der Waals surface area contributed by atoms with Gasteiger partial charge in [0.25, 0.3) is 5.91 Å². The minimum Gasteiger partial charge on any atom is -0.478 e. The highest BCUT2D eigenvalue weighted by atomic mass is 32.2. The van der Waals surface area contributed by atoms with E-state index in [0.29, 0.717) is 5.56 Å². The summed E-state index contributed by atoms with van der Waals surface area (Å²) in [5, 5.41) is 6.04. The van der Waals surface area contributed by atoms with E-state index in [2.05, 4.69) is 15.4 Å². The Kier molecular flexibility index (Phi) is 4.69. The van der Waals surface area contributed by atoms with Crippen molar-refractivity contribution in [2.75, 3.05) is 11.9 Å². The number of amides is 1. The molecule has 1 N–H and O–H groups in total. The van der Waals surface area contributed by atoms with Gasteiger partial charge >= 0.3 is 6.18 Å². The van der Waals surface area contributed by atoms with Crippen molar-refractivity contribution in [3.63, 3.8) is 0 Å². The normalized spacial score (nSPS) is 17.7. The third-order valence-electron chi connectivity index (χ3n) is 4.77. The largest absolute Gasteiger partial charge is 0.478 e. The minimum atomic E-state index is -4.68. The molecular formula is C20H11F5N4O2S. The average molecular weight is 466 g/mol. The van der Waals surface area contributed by atoms with E-state index in [0.717, 1.165) is 28.7 Å². The van der Waals surface area contributed by atoms with Crippen molar-refractivity contribution < 1.29 is 31.5 Å². The molecule has 12 heteroatoms. The molecule has 0 bridgehead atoms. The summed E-state index contributed by atoms with van der Waals surface area (Å²) in [5.41, 5.74) is -0.116. The second kappa shape index (κ2) is 7.33. The number of nitrogens with one attached hydrogen (secondary N) is 1. The summed E-state index contributed by atoms with van der Waals surface area (Å²) in [6, 6.07) is 7.89. The van der Waals surface area contributed by atoms with Crippen LogP contribution in [0.1, 0.15) is 22.1 Å². The molecule has 1 aromatic heterocycles. The summed E-state index contributed by atoms with van der Waals surface area (Å²) in [6.45, 7) is -0.336. The van der Waals surface area contributed by atoms with Crippen LogP contribution in [0.2, 0.25) is 0 Å². The molecule has 3 heterocycles. The molecular weight excluding hydrogens is 455 g/mol. The van der Waals surface area contributed by atoms with E-state index in [1.165, 1.54) is 30.3 Å². The number of thioether (sulfide) groups is 1. The highest BCUT2D eigenvalue weighted by molar-refractivity contribution is 8.00. The Bertz CT molecular complexity index is 1270. The minimum absolute atomic E-state index is 0.0227. The van der Waals surface area contributed by atoms with E-state index in [4.69, 9.17) is 4.74 Å². The van der Waals surface area contributed by atoms with Crippen LogP contribution in [-0.2, 0) is 11.0 Å². The number of rotatable bonds is 2. The predicted octanol–water partition coefficient (Wildman–Crippen LogP) is 4.61. The van der Waals surface area contributed by atoms with Gasteiger partial charge in [0.05, 0.1) is 22.8 Å². The Hall–Kier alpha value is -3.41. The first kappa shape index (κ1) is 20.5. The third-order valence-corrected chi connectivity index (χ3v) is 5.99. The maximum absolute atomic E-state index is 14.7. The van der Waals surface area contributed by atoms with Gasteiger partial charge in [0, 0.05) is 5.56 Å². The van der Waals surface area contributed by atoms with E-state index >= 15 is 0 Å². The molecule has 5 rings (SSSR count). The van der Waals surface area contributed by atoms with Gasteiger partial charge in [-0.2, -0.15) is 18.3 Å². The summed E-state index contributed by atoms with van der Waals surface area (Å²) in [6.07, 6.45) is -3.94. The van der Waals surface area contributed by atoms with Crippen molar-refractivity contribution in [1.82, 2.24) is 9.66 Å². The number of fused-ring (bicyclic) bond motifs is 2. The van der Waals surface area contributed by atoms with Gasteiger partial charge in [-0.1, -0.05) is 23.9 Å². The Morgan fingerprint density at radius 2 is 1.91 bits per heavy atom. The van der Waals surface area contributed by atoms with Gasteiger partial charge in [-0.25, -0.2) is 18.4 Å². The Morgan fingerprint density at radius 1 is 1.16 bits per heavy atom. The maximum atomic E-state index is 14.7. The number of alkyl halides is 3. The molecule has 0 fully saturated rings. The van der Waals surface area contributed by atoms with E-state index in [9.17, 15) is 26.7 Å². The van der Waals surface area contributed by atoms with Crippen molar-refractivity contribution in [3.8, 4) is 5.75 Å². The van der Waals surface area contributed by atoms with Crippen LogP contribution in [0.25, 0.3) is 0 Å². The van der Waals surface area contributed by atoms with Crippen molar-refractivity contribution in [3.05, 3.63) is 71.1 Å². The molecule has 164 valence electrons. The number of carbonyl (C=O) groups excluding carboxylic acids is 1. The Morgan fingerprint density at radius 3 is 2.62 bits per heavy atom. The number of hydrogen-bond acceptors (Lipinski definition) is 5. The number of benzene rings is 2. The van der Waals surface area contributed by atoms with Gasteiger partial charge in [0.15, 0.2) is 29.0 Å². The zero-order chi connectivity index (χ0) is 22.6. The predicted molar refractivity (Wildman–Crippen MR) is 105 cm³/mol. The van der Waals surface area contributed by atoms with Gasteiger partial charge in [0.2, 0.25) is 0 Å². The molecule has 1 unspecified atom stereocenters. The molecule has 3 aromatic rings. The number of carbonyl (C=O) groups is 1. The third kappa shape index (κ3) is 3.60. The van der Waals surface area contributed by atoms with Gasteiger partial charge in [-0.15, -0.1) is 0 Å². The summed E-state index contributed by atoms with van der Waals surface area (Å²) in [7, 11) is 0. The fourth-order valence-corrected chi connectivity index (χ4v) is 4.50. The molecule has 0 aliphatic carbocycles.